The van der Waals surface area contributed by atoms with Crippen molar-refractivity contribution in [1.82, 2.24) is 9.80 Å². The van der Waals surface area contributed by atoms with Crippen molar-refractivity contribution in [3.8, 4) is 0 Å². The molecule has 0 aromatic heterocycles. The number of aliphatic hydroxyl groups is 1. The number of aryl methyl sites for hydroxylation is 1. The van der Waals surface area contributed by atoms with Crippen LogP contribution >= 0.6 is 0 Å². The minimum absolute atomic E-state index is 0.00564. The van der Waals surface area contributed by atoms with Crippen LogP contribution in [-0.4, -0.2) is 72.9 Å². The predicted molar refractivity (Wildman–Crippen MR) is 102 cm³/mol. The Bertz CT molecular complexity index is 608. The van der Waals surface area contributed by atoms with E-state index in [4.69, 9.17) is 4.74 Å². The van der Waals surface area contributed by atoms with E-state index >= 15 is 0 Å². The number of morpholine rings is 1. The fourth-order valence-electron chi connectivity index (χ4n) is 3.64. The second kappa shape index (κ2) is 9.31. The first-order valence-electron chi connectivity index (χ1n) is 9.61. The van der Waals surface area contributed by atoms with Crippen LogP contribution in [0.1, 0.15) is 17.5 Å². The van der Waals surface area contributed by atoms with Gasteiger partial charge in [0.25, 0.3) is 0 Å². The highest BCUT2D eigenvalue weighted by atomic mass is 16.5. The summed E-state index contributed by atoms with van der Waals surface area (Å²) in [6.07, 6.45) is 4.84. The van der Waals surface area contributed by atoms with E-state index in [2.05, 4.69) is 36.1 Å². The number of aliphatic hydroxyl groups excluding tert-OH is 1. The first-order valence-corrected chi connectivity index (χ1v) is 9.61. The van der Waals surface area contributed by atoms with Gasteiger partial charge in [0.2, 0.25) is 5.91 Å². The molecular weight excluding hydrogens is 328 g/mol. The number of β-amino-alcohol motifs (C(OH)–C–C–N with tert-alkyl or cyclic N) is 1. The zero-order valence-corrected chi connectivity index (χ0v) is 15.6. The summed E-state index contributed by atoms with van der Waals surface area (Å²) in [6.45, 7) is 7.37. The second-order valence-electron chi connectivity index (χ2n) is 7.41. The number of benzene rings is 1. The number of carbonyl (C=O) groups is 1. The van der Waals surface area contributed by atoms with Crippen molar-refractivity contribution < 1.29 is 14.6 Å². The standard InChI is InChI=1S/C21H30N2O3/c1-17-4-6-18(7-5-17)15-19-8-10-23(16-20(19)24)21(25)3-2-9-22-11-13-26-14-12-22/h2-7,19-20,24H,8-16H2,1H3/b3-2+/t19-,20+/m1/s1. The van der Waals surface area contributed by atoms with E-state index in [-0.39, 0.29) is 11.8 Å². The molecule has 2 fully saturated rings. The van der Waals surface area contributed by atoms with Gasteiger partial charge in [-0.05, 0) is 31.2 Å². The molecule has 26 heavy (non-hydrogen) atoms. The molecule has 1 amide bonds. The van der Waals surface area contributed by atoms with E-state index in [1.165, 1.54) is 11.1 Å². The van der Waals surface area contributed by atoms with Crippen molar-refractivity contribution in [3.05, 3.63) is 47.5 Å². The molecule has 142 valence electrons. The molecule has 0 unspecified atom stereocenters. The van der Waals surface area contributed by atoms with Crippen LogP contribution in [0.2, 0.25) is 0 Å². The monoisotopic (exact) mass is 358 g/mol. The molecule has 1 N–H and O–H groups in total. The first-order chi connectivity index (χ1) is 12.6. The minimum Gasteiger partial charge on any atom is -0.391 e. The van der Waals surface area contributed by atoms with E-state index in [1.54, 1.807) is 11.0 Å². The summed E-state index contributed by atoms with van der Waals surface area (Å²) < 4.78 is 5.32. The van der Waals surface area contributed by atoms with Crippen LogP contribution in [-0.2, 0) is 16.0 Å². The summed E-state index contributed by atoms with van der Waals surface area (Å²) in [7, 11) is 0. The average molecular weight is 358 g/mol. The van der Waals surface area contributed by atoms with Crippen LogP contribution in [0.25, 0.3) is 0 Å². The summed E-state index contributed by atoms with van der Waals surface area (Å²) >= 11 is 0. The zero-order valence-electron chi connectivity index (χ0n) is 15.6. The Kier molecular flexibility index (Phi) is 6.83. The van der Waals surface area contributed by atoms with Gasteiger partial charge in [0.15, 0.2) is 0 Å². The highest BCUT2D eigenvalue weighted by molar-refractivity contribution is 5.87. The zero-order chi connectivity index (χ0) is 18.4. The van der Waals surface area contributed by atoms with Crippen molar-refractivity contribution >= 4 is 5.91 Å². The van der Waals surface area contributed by atoms with Gasteiger partial charge in [-0.25, -0.2) is 0 Å². The Hall–Kier alpha value is -1.69. The molecule has 5 heteroatoms. The van der Waals surface area contributed by atoms with Crippen LogP contribution in [0.3, 0.4) is 0 Å². The number of amides is 1. The van der Waals surface area contributed by atoms with Crippen LogP contribution in [0.5, 0.6) is 0 Å². The first kappa shape index (κ1) is 19.1. The van der Waals surface area contributed by atoms with E-state index in [1.807, 2.05) is 6.08 Å². The maximum absolute atomic E-state index is 12.4. The summed E-state index contributed by atoms with van der Waals surface area (Å²) in [5.74, 6) is 0.227. The molecule has 2 aliphatic rings. The molecule has 2 atom stereocenters. The summed E-state index contributed by atoms with van der Waals surface area (Å²) in [5, 5.41) is 10.5. The highest BCUT2D eigenvalue weighted by Gasteiger charge is 2.29. The fourth-order valence-corrected chi connectivity index (χ4v) is 3.64. The quantitative estimate of drug-likeness (QED) is 0.813. The molecule has 2 heterocycles. The SMILES string of the molecule is Cc1ccc(C[C@H]2CCN(C(=O)/C=C/CN3CCOCC3)C[C@@H]2O)cc1. The van der Waals surface area contributed by atoms with E-state index in [9.17, 15) is 9.90 Å². The van der Waals surface area contributed by atoms with Gasteiger partial charge in [-0.15, -0.1) is 0 Å². The molecule has 5 nitrogen and oxygen atoms in total. The van der Waals surface area contributed by atoms with Crippen molar-refractivity contribution in [2.45, 2.75) is 25.9 Å². The molecule has 0 radical (unpaired) electrons. The molecule has 0 bridgehead atoms. The topological polar surface area (TPSA) is 53.0 Å². The normalized spacial score (nSPS) is 24.9. The minimum atomic E-state index is -0.457. The number of ether oxygens (including phenoxy) is 1. The van der Waals surface area contributed by atoms with Gasteiger partial charge in [-0.2, -0.15) is 0 Å². The van der Waals surface area contributed by atoms with Gasteiger partial charge in [0.05, 0.1) is 19.3 Å². The number of likely N-dealkylation sites (tertiary alicyclic amines) is 1. The largest absolute Gasteiger partial charge is 0.391 e. The summed E-state index contributed by atoms with van der Waals surface area (Å²) in [4.78, 5) is 16.4. The molecule has 0 aliphatic carbocycles. The lowest BCUT2D eigenvalue weighted by atomic mass is 9.87. The van der Waals surface area contributed by atoms with Crippen LogP contribution in [0, 0.1) is 12.8 Å². The van der Waals surface area contributed by atoms with Gasteiger partial charge in [0.1, 0.15) is 0 Å². The third kappa shape index (κ3) is 5.40. The van der Waals surface area contributed by atoms with Crippen LogP contribution in [0.15, 0.2) is 36.4 Å². The molecule has 2 aliphatic heterocycles. The number of piperidine rings is 1. The van der Waals surface area contributed by atoms with Gasteiger partial charge < -0.3 is 14.7 Å². The van der Waals surface area contributed by atoms with Crippen molar-refractivity contribution in [3.63, 3.8) is 0 Å². The lowest BCUT2D eigenvalue weighted by Gasteiger charge is -2.35. The molecule has 3 rings (SSSR count). The third-order valence-electron chi connectivity index (χ3n) is 5.38. The second-order valence-corrected chi connectivity index (χ2v) is 7.41. The number of nitrogens with zero attached hydrogens (tertiary/aromatic N) is 2. The lowest BCUT2D eigenvalue weighted by Crippen LogP contribution is -2.46. The maximum atomic E-state index is 12.4. The van der Waals surface area contributed by atoms with Gasteiger partial charge in [-0.3, -0.25) is 9.69 Å². The number of hydrogen-bond donors (Lipinski definition) is 1. The number of hydrogen-bond acceptors (Lipinski definition) is 4. The Morgan fingerprint density at radius 2 is 1.96 bits per heavy atom. The number of carbonyl (C=O) groups excluding carboxylic acids is 1. The molecular formula is C21H30N2O3. The smallest absolute Gasteiger partial charge is 0.246 e. The molecule has 0 spiro atoms. The summed E-state index contributed by atoms with van der Waals surface area (Å²) in [5.41, 5.74) is 2.50. The van der Waals surface area contributed by atoms with Gasteiger partial charge in [0, 0.05) is 38.8 Å². The van der Waals surface area contributed by atoms with E-state index in [0.717, 1.165) is 45.7 Å². The fraction of sp³-hybridized carbons (Fsp3) is 0.571. The predicted octanol–water partition coefficient (Wildman–Crippen LogP) is 1.64. The highest BCUT2D eigenvalue weighted by Crippen LogP contribution is 2.22. The Labute approximate surface area is 156 Å². The van der Waals surface area contributed by atoms with Gasteiger partial charge in [-0.1, -0.05) is 35.9 Å². The average Bonchev–Trinajstić information content (AvgIpc) is 2.66. The van der Waals surface area contributed by atoms with Crippen molar-refractivity contribution in [1.29, 1.82) is 0 Å². The van der Waals surface area contributed by atoms with E-state index < -0.39 is 6.10 Å². The Morgan fingerprint density at radius 1 is 1.23 bits per heavy atom. The lowest BCUT2D eigenvalue weighted by molar-refractivity contribution is -0.130. The van der Waals surface area contributed by atoms with Crippen LogP contribution < -0.4 is 0 Å². The molecule has 2 saturated heterocycles. The molecule has 0 saturated carbocycles. The maximum Gasteiger partial charge on any atom is 0.246 e. The van der Waals surface area contributed by atoms with Crippen molar-refractivity contribution in [2.75, 3.05) is 45.9 Å². The Balaban J connectivity index is 1.44. The number of rotatable bonds is 5. The third-order valence-corrected chi connectivity index (χ3v) is 5.38. The Morgan fingerprint density at radius 3 is 2.65 bits per heavy atom. The molecule has 1 aromatic carbocycles. The van der Waals surface area contributed by atoms with Crippen LogP contribution in [0.4, 0.5) is 0 Å². The van der Waals surface area contributed by atoms with Crippen molar-refractivity contribution in [2.24, 2.45) is 5.92 Å². The summed E-state index contributed by atoms with van der Waals surface area (Å²) in [6, 6.07) is 8.49. The van der Waals surface area contributed by atoms with Gasteiger partial charge >= 0.3 is 0 Å². The van der Waals surface area contributed by atoms with E-state index in [0.29, 0.717) is 13.1 Å². The molecule has 1 aromatic rings.